The van der Waals surface area contributed by atoms with Gasteiger partial charge in [0.15, 0.2) is 0 Å². The van der Waals surface area contributed by atoms with Gasteiger partial charge in [0.1, 0.15) is 0 Å². The molecule has 2 rings (SSSR count). The van der Waals surface area contributed by atoms with Gasteiger partial charge in [-0.15, -0.1) is 0 Å². The Kier molecular flexibility index (Phi) is 5.94. The number of amides is 1. The molecule has 0 heterocycles. The maximum Gasteiger partial charge on any atom is 0.246 e. The van der Waals surface area contributed by atoms with E-state index in [0.29, 0.717) is 13.1 Å². The Labute approximate surface area is 140 Å². The molecule has 120 valence electrons. The van der Waals surface area contributed by atoms with Gasteiger partial charge in [-0.1, -0.05) is 86.0 Å². The summed E-state index contributed by atoms with van der Waals surface area (Å²) >= 11 is 0. The van der Waals surface area contributed by atoms with Gasteiger partial charge in [-0.25, -0.2) is 0 Å². The molecule has 0 unspecified atom stereocenters. The minimum atomic E-state index is -1.38. The van der Waals surface area contributed by atoms with Crippen LogP contribution in [0.1, 0.15) is 11.1 Å². The quantitative estimate of drug-likeness (QED) is 0.560. The van der Waals surface area contributed by atoms with Crippen molar-refractivity contribution in [1.82, 2.24) is 4.90 Å². The van der Waals surface area contributed by atoms with Crippen molar-refractivity contribution in [2.75, 3.05) is 0 Å². The van der Waals surface area contributed by atoms with Gasteiger partial charge in [0.2, 0.25) is 5.91 Å². The SMILES string of the molecule is C[Si](C)(C)/C=C/C(=O)N(Cc1ccccc1)Cc1ccccc1. The van der Waals surface area contributed by atoms with Gasteiger partial charge in [0, 0.05) is 13.1 Å². The molecule has 3 heteroatoms. The first-order valence-electron chi connectivity index (χ1n) is 8.00. The first-order valence-corrected chi connectivity index (χ1v) is 11.6. The Hall–Kier alpha value is -2.13. The van der Waals surface area contributed by atoms with Crippen LogP contribution in [0.15, 0.2) is 72.4 Å². The Bertz CT molecular complexity index is 603. The summed E-state index contributed by atoms with van der Waals surface area (Å²) in [6.45, 7) is 7.95. The van der Waals surface area contributed by atoms with E-state index in [4.69, 9.17) is 0 Å². The normalized spacial score (nSPS) is 11.6. The fraction of sp³-hybridized carbons (Fsp3) is 0.250. The van der Waals surface area contributed by atoms with E-state index >= 15 is 0 Å². The Morgan fingerprint density at radius 1 is 0.870 bits per heavy atom. The molecular formula is C20H25NOSi. The highest BCUT2D eigenvalue weighted by molar-refractivity contribution is 6.81. The van der Waals surface area contributed by atoms with Crippen molar-refractivity contribution >= 4 is 14.0 Å². The first-order chi connectivity index (χ1) is 10.9. The number of hydrogen-bond acceptors (Lipinski definition) is 1. The maximum absolute atomic E-state index is 12.7. The highest BCUT2D eigenvalue weighted by atomic mass is 28.3. The minimum Gasteiger partial charge on any atom is -0.331 e. The molecule has 0 aromatic heterocycles. The molecule has 0 spiro atoms. The molecule has 0 radical (unpaired) electrons. The van der Waals surface area contributed by atoms with Gasteiger partial charge < -0.3 is 4.90 Å². The van der Waals surface area contributed by atoms with Crippen LogP contribution in [0.4, 0.5) is 0 Å². The Morgan fingerprint density at radius 3 is 1.70 bits per heavy atom. The summed E-state index contributed by atoms with van der Waals surface area (Å²) in [6, 6.07) is 20.3. The predicted molar refractivity (Wildman–Crippen MR) is 99.6 cm³/mol. The summed E-state index contributed by atoms with van der Waals surface area (Å²) < 4.78 is 0. The number of benzene rings is 2. The average molecular weight is 324 g/mol. The smallest absolute Gasteiger partial charge is 0.246 e. The zero-order valence-electron chi connectivity index (χ0n) is 14.2. The zero-order chi connectivity index (χ0) is 16.7. The van der Waals surface area contributed by atoms with E-state index in [-0.39, 0.29) is 5.91 Å². The summed E-state index contributed by atoms with van der Waals surface area (Å²) in [5.74, 6) is 0.0835. The highest BCUT2D eigenvalue weighted by Crippen LogP contribution is 2.12. The standard InChI is InChI=1S/C20H25NOSi/c1-23(2,3)15-14-20(22)21(16-18-10-6-4-7-11-18)17-19-12-8-5-9-13-19/h4-15H,16-17H2,1-3H3/b15-14+. The number of hydrogen-bond donors (Lipinski definition) is 0. The van der Waals surface area contributed by atoms with Crippen LogP contribution in [0.2, 0.25) is 19.6 Å². The summed E-state index contributed by atoms with van der Waals surface area (Å²) in [5.41, 5.74) is 4.41. The summed E-state index contributed by atoms with van der Waals surface area (Å²) in [7, 11) is -1.38. The molecule has 0 saturated heterocycles. The van der Waals surface area contributed by atoms with Crippen molar-refractivity contribution in [2.45, 2.75) is 32.7 Å². The minimum absolute atomic E-state index is 0.0835. The molecule has 0 saturated carbocycles. The molecule has 0 aliphatic rings. The molecule has 0 N–H and O–H groups in total. The summed E-state index contributed by atoms with van der Waals surface area (Å²) in [4.78, 5) is 14.6. The lowest BCUT2D eigenvalue weighted by Crippen LogP contribution is -2.29. The average Bonchev–Trinajstić information content (AvgIpc) is 2.53. The number of rotatable bonds is 6. The second-order valence-corrected chi connectivity index (χ2v) is 11.9. The van der Waals surface area contributed by atoms with Gasteiger partial charge in [0.25, 0.3) is 0 Å². The van der Waals surface area contributed by atoms with Gasteiger partial charge >= 0.3 is 0 Å². The third kappa shape index (κ3) is 6.25. The third-order valence-electron chi connectivity index (χ3n) is 3.47. The predicted octanol–water partition coefficient (Wildman–Crippen LogP) is 4.65. The second-order valence-electron chi connectivity index (χ2n) is 6.86. The van der Waals surface area contributed by atoms with E-state index in [1.807, 2.05) is 41.3 Å². The van der Waals surface area contributed by atoms with E-state index in [0.717, 1.165) is 11.1 Å². The molecule has 0 bridgehead atoms. The van der Waals surface area contributed by atoms with Crippen LogP contribution < -0.4 is 0 Å². The molecule has 2 nitrogen and oxygen atoms in total. The first kappa shape index (κ1) is 17.2. The van der Waals surface area contributed by atoms with Crippen molar-refractivity contribution in [3.8, 4) is 0 Å². The van der Waals surface area contributed by atoms with Crippen LogP contribution >= 0.6 is 0 Å². The molecule has 0 aliphatic carbocycles. The lowest BCUT2D eigenvalue weighted by atomic mass is 10.1. The van der Waals surface area contributed by atoms with Crippen molar-refractivity contribution in [3.05, 3.63) is 83.6 Å². The highest BCUT2D eigenvalue weighted by Gasteiger charge is 2.14. The summed E-state index contributed by atoms with van der Waals surface area (Å²) in [6.07, 6.45) is 1.76. The van der Waals surface area contributed by atoms with Gasteiger partial charge in [-0.05, 0) is 17.2 Å². The summed E-state index contributed by atoms with van der Waals surface area (Å²) in [5, 5.41) is 0. The third-order valence-corrected chi connectivity index (χ3v) is 4.64. The van der Waals surface area contributed by atoms with Crippen LogP contribution in [0.5, 0.6) is 0 Å². The molecule has 0 fully saturated rings. The number of carbonyl (C=O) groups is 1. The largest absolute Gasteiger partial charge is 0.331 e. The van der Waals surface area contributed by atoms with Crippen molar-refractivity contribution in [3.63, 3.8) is 0 Å². The second kappa shape index (κ2) is 7.93. The van der Waals surface area contributed by atoms with Crippen LogP contribution in [0.25, 0.3) is 0 Å². The van der Waals surface area contributed by atoms with Gasteiger partial charge in [0.05, 0.1) is 8.07 Å². The Morgan fingerprint density at radius 2 is 1.30 bits per heavy atom. The molecule has 0 aliphatic heterocycles. The number of carbonyl (C=O) groups excluding carboxylic acids is 1. The fourth-order valence-corrected chi connectivity index (χ4v) is 2.89. The van der Waals surface area contributed by atoms with Crippen LogP contribution in [-0.2, 0) is 17.9 Å². The molecule has 2 aromatic rings. The van der Waals surface area contributed by atoms with Crippen molar-refractivity contribution in [1.29, 1.82) is 0 Å². The van der Waals surface area contributed by atoms with Gasteiger partial charge in [-0.2, -0.15) is 0 Å². The zero-order valence-corrected chi connectivity index (χ0v) is 15.2. The van der Waals surface area contributed by atoms with E-state index < -0.39 is 8.07 Å². The monoisotopic (exact) mass is 323 g/mol. The lowest BCUT2D eigenvalue weighted by molar-refractivity contribution is -0.127. The maximum atomic E-state index is 12.7. The van der Waals surface area contributed by atoms with Crippen LogP contribution in [-0.4, -0.2) is 18.9 Å². The van der Waals surface area contributed by atoms with Gasteiger partial charge in [-0.3, -0.25) is 4.79 Å². The molecule has 2 aromatic carbocycles. The lowest BCUT2D eigenvalue weighted by Gasteiger charge is -2.22. The number of nitrogens with zero attached hydrogens (tertiary/aromatic N) is 1. The molecule has 1 amide bonds. The molecular weight excluding hydrogens is 298 g/mol. The van der Waals surface area contributed by atoms with Crippen molar-refractivity contribution in [2.24, 2.45) is 0 Å². The van der Waals surface area contributed by atoms with Crippen LogP contribution in [0, 0.1) is 0 Å². The van der Waals surface area contributed by atoms with Crippen LogP contribution in [0.3, 0.4) is 0 Å². The molecule has 23 heavy (non-hydrogen) atoms. The fourth-order valence-electron chi connectivity index (χ4n) is 2.25. The van der Waals surface area contributed by atoms with Crippen molar-refractivity contribution < 1.29 is 4.79 Å². The van der Waals surface area contributed by atoms with E-state index in [1.54, 1.807) is 6.08 Å². The Balaban J connectivity index is 2.17. The van der Waals surface area contributed by atoms with E-state index in [2.05, 4.69) is 49.6 Å². The topological polar surface area (TPSA) is 20.3 Å². The van der Waals surface area contributed by atoms with E-state index in [1.165, 1.54) is 0 Å². The molecule has 0 atom stereocenters. The van der Waals surface area contributed by atoms with E-state index in [9.17, 15) is 4.79 Å².